The number of esters is 2. The van der Waals surface area contributed by atoms with E-state index in [0.29, 0.717) is 10.3 Å². The van der Waals surface area contributed by atoms with Crippen LogP contribution >= 0.6 is 23.2 Å². The maximum atomic E-state index is 13.8. The second-order valence-corrected chi connectivity index (χ2v) is 14.2. The van der Waals surface area contributed by atoms with E-state index < -0.39 is 48.3 Å². The van der Waals surface area contributed by atoms with E-state index in [1.807, 2.05) is 0 Å². The van der Waals surface area contributed by atoms with Crippen LogP contribution in [-0.4, -0.2) is 50.0 Å². The van der Waals surface area contributed by atoms with E-state index in [4.69, 9.17) is 46.9 Å². The molecule has 12 nitrogen and oxygen atoms in total. The van der Waals surface area contributed by atoms with Crippen molar-refractivity contribution in [3.63, 3.8) is 0 Å². The number of nitrogens with one attached hydrogen (secondary N) is 1. The zero-order valence-electron chi connectivity index (χ0n) is 29.4. The summed E-state index contributed by atoms with van der Waals surface area (Å²) in [5.74, 6) is -2.13. The second kappa shape index (κ2) is 17.3. The first-order chi connectivity index (χ1) is 24.4. The molecule has 0 aliphatic heterocycles. The number of ether oxygens (including phenoxy) is 6. The number of aromatic nitrogens is 1. The first kappa shape index (κ1) is 40.2. The molecule has 0 saturated heterocycles. The Balaban J connectivity index is 1.65. The summed E-state index contributed by atoms with van der Waals surface area (Å²) in [7, 11) is 1.34. The Kier molecular flexibility index (Phi) is 13.4. The number of methoxy groups -OCH3 is 1. The molecule has 3 aromatic rings. The van der Waals surface area contributed by atoms with Crippen molar-refractivity contribution >= 4 is 41.2 Å². The molecule has 16 heteroatoms. The Labute approximate surface area is 309 Å². The highest BCUT2D eigenvalue weighted by atomic mass is 35.5. The fourth-order valence-corrected chi connectivity index (χ4v) is 5.45. The highest BCUT2D eigenvalue weighted by molar-refractivity contribution is 6.35. The third-order valence-electron chi connectivity index (χ3n) is 7.63. The highest BCUT2D eigenvalue weighted by Crippen LogP contribution is 2.38. The van der Waals surface area contributed by atoms with Crippen LogP contribution < -0.4 is 29.0 Å². The predicted octanol–water partition coefficient (Wildman–Crippen LogP) is 7.62. The summed E-state index contributed by atoms with van der Waals surface area (Å²) < 4.78 is 59.6. The lowest BCUT2D eigenvalue weighted by atomic mass is 10.0. The number of hydrogen-bond acceptors (Lipinski definition) is 10. The monoisotopic (exact) mass is 768 g/mol. The molecule has 1 amide bonds. The summed E-state index contributed by atoms with van der Waals surface area (Å²) >= 11 is 12.7. The summed E-state index contributed by atoms with van der Waals surface area (Å²) in [6, 6.07) is 6.98. The van der Waals surface area contributed by atoms with E-state index >= 15 is 0 Å². The SMILES string of the molecule is COc1ccc(C(=O)OC(Cc2c(Cl)c[n+]([O-])cc2Cl)c2ccc(OC(F)F)c(OCC3CC3)c2)cc1OC(=O)C(NC(=O)OC(C)(C)C)C(C)C. The number of nitrogens with zero attached hydrogens (tertiary/aromatic N) is 1. The van der Waals surface area contributed by atoms with Gasteiger partial charge in [-0.1, -0.05) is 43.1 Å². The van der Waals surface area contributed by atoms with Crippen LogP contribution in [0.5, 0.6) is 23.0 Å². The number of halogens is 4. The van der Waals surface area contributed by atoms with Crippen molar-refractivity contribution in [2.45, 2.75) is 78.2 Å². The van der Waals surface area contributed by atoms with E-state index in [-0.39, 0.29) is 63.1 Å². The van der Waals surface area contributed by atoms with Crippen LogP contribution in [0.15, 0.2) is 48.8 Å². The zero-order chi connectivity index (χ0) is 38.3. The lowest BCUT2D eigenvalue weighted by molar-refractivity contribution is -0.605. The maximum Gasteiger partial charge on any atom is 0.408 e. The first-order valence-electron chi connectivity index (χ1n) is 16.3. The van der Waals surface area contributed by atoms with Gasteiger partial charge in [-0.15, -0.1) is 0 Å². The molecule has 1 aliphatic carbocycles. The molecular weight excluding hydrogens is 729 g/mol. The van der Waals surface area contributed by atoms with E-state index in [0.717, 1.165) is 25.2 Å². The molecule has 1 saturated carbocycles. The van der Waals surface area contributed by atoms with Gasteiger partial charge in [0.05, 0.1) is 19.3 Å². The van der Waals surface area contributed by atoms with Gasteiger partial charge in [0.2, 0.25) is 0 Å². The number of amides is 1. The minimum Gasteiger partial charge on any atom is -0.619 e. The lowest BCUT2D eigenvalue weighted by Crippen LogP contribution is -2.48. The number of benzene rings is 2. The molecule has 1 fully saturated rings. The third kappa shape index (κ3) is 11.5. The summed E-state index contributed by atoms with van der Waals surface area (Å²) in [5.41, 5.74) is -0.309. The van der Waals surface area contributed by atoms with Crippen LogP contribution in [0.4, 0.5) is 13.6 Å². The van der Waals surface area contributed by atoms with Crippen LogP contribution in [-0.2, 0) is 20.7 Å². The van der Waals surface area contributed by atoms with E-state index in [1.54, 1.807) is 34.6 Å². The zero-order valence-corrected chi connectivity index (χ0v) is 30.9. The van der Waals surface area contributed by atoms with Crippen LogP contribution in [0.25, 0.3) is 0 Å². The van der Waals surface area contributed by atoms with Crippen LogP contribution in [0.3, 0.4) is 0 Å². The number of pyridine rings is 1. The summed E-state index contributed by atoms with van der Waals surface area (Å²) in [6.45, 7) is 5.59. The molecule has 1 heterocycles. The van der Waals surface area contributed by atoms with Crippen molar-refractivity contribution < 1.29 is 56.3 Å². The van der Waals surface area contributed by atoms with Gasteiger partial charge in [0.1, 0.15) is 27.8 Å². The Bertz CT molecular complexity index is 1740. The molecular formula is C36H40Cl2F2N2O10. The largest absolute Gasteiger partial charge is 0.619 e. The van der Waals surface area contributed by atoms with Crippen molar-refractivity contribution in [3.05, 3.63) is 80.7 Å². The fourth-order valence-electron chi connectivity index (χ4n) is 4.85. The first-order valence-corrected chi connectivity index (χ1v) is 17.1. The molecule has 4 rings (SSSR count). The van der Waals surface area contributed by atoms with Crippen molar-refractivity contribution in [3.8, 4) is 23.0 Å². The Morgan fingerprint density at radius 2 is 1.63 bits per heavy atom. The average Bonchev–Trinajstić information content (AvgIpc) is 3.87. The van der Waals surface area contributed by atoms with Crippen LogP contribution in [0.1, 0.15) is 75.0 Å². The predicted molar refractivity (Wildman–Crippen MR) is 185 cm³/mol. The number of alkyl halides is 2. The van der Waals surface area contributed by atoms with Gasteiger partial charge in [-0.2, -0.15) is 13.5 Å². The Hall–Kier alpha value is -4.56. The van der Waals surface area contributed by atoms with Crippen molar-refractivity contribution in [2.75, 3.05) is 13.7 Å². The molecule has 0 radical (unpaired) electrons. The van der Waals surface area contributed by atoms with E-state index in [2.05, 4.69) is 10.1 Å². The van der Waals surface area contributed by atoms with Gasteiger partial charge in [0, 0.05) is 12.0 Å². The van der Waals surface area contributed by atoms with Gasteiger partial charge in [0.15, 0.2) is 35.4 Å². The standard InChI is InChI=1S/C36H40Cl2F2N2O10/c1-19(2)31(41-35(45)52-36(3,4)5)33(44)50-30-14-22(10-11-26(30)47-6)32(43)49-28(15-23-24(37)16-42(46)17-25(23)38)21-9-12-27(51-34(39)40)29(13-21)48-18-20-7-8-20/h9-14,16-17,19-20,28,31,34H,7-8,15,18H2,1-6H3,(H,41,45). The molecule has 52 heavy (non-hydrogen) atoms. The number of carbonyl (C=O) groups is 3. The topological polar surface area (TPSA) is 146 Å². The smallest absolute Gasteiger partial charge is 0.408 e. The van der Waals surface area contributed by atoms with Gasteiger partial charge < -0.3 is 38.9 Å². The molecule has 2 atom stereocenters. The van der Waals surface area contributed by atoms with Crippen LogP contribution in [0, 0.1) is 17.0 Å². The molecule has 1 aromatic heterocycles. The molecule has 0 bridgehead atoms. The van der Waals surface area contributed by atoms with Crippen LogP contribution in [0.2, 0.25) is 10.0 Å². The Morgan fingerprint density at radius 3 is 2.21 bits per heavy atom. The lowest BCUT2D eigenvalue weighted by Gasteiger charge is -2.25. The summed E-state index contributed by atoms with van der Waals surface area (Å²) in [4.78, 5) is 39.5. The maximum absolute atomic E-state index is 13.8. The number of rotatable bonds is 15. The summed E-state index contributed by atoms with van der Waals surface area (Å²) in [6.07, 6.45) is 1.91. The molecule has 1 aliphatic rings. The summed E-state index contributed by atoms with van der Waals surface area (Å²) in [5, 5.41) is 14.4. The third-order valence-corrected chi connectivity index (χ3v) is 8.28. The van der Waals surface area contributed by atoms with Crippen molar-refractivity contribution in [1.82, 2.24) is 5.32 Å². The highest BCUT2D eigenvalue weighted by Gasteiger charge is 2.31. The molecule has 2 aromatic carbocycles. The molecule has 2 unspecified atom stereocenters. The normalized spacial score (nSPS) is 14.0. The van der Waals surface area contributed by atoms with Crippen molar-refractivity contribution in [1.29, 1.82) is 0 Å². The number of carbonyl (C=O) groups excluding carboxylic acids is 3. The number of hydrogen-bond donors (Lipinski definition) is 1. The van der Waals surface area contributed by atoms with Gasteiger partial charge in [-0.05, 0) is 81.3 Å². The molecule has 1 N–H and O–H groups in total. The minimum atomic E-state index is -3.12. The van der Waals surface area contributed by atoms with Gasteiger partial charge in [0.25, 0.3) is 0 Å². The van der Waals surface area contributed by atoms with E-state index in [1.165, 1.54) is 43.5 Å². The van der Waals surface area contributed by atoms with Gasteiger partial charge in [-0.3, -0.25) is 0 Å². The Morgan fingerprint density at radius 1 is 0.981 bits per heavy atom. The average molecular weight is 770 g/mol. The minimum absolute atomic E-state index is 0.00625. The molecule has 282 valence electrons. The van der Waals surface area contributed by atoms with E-state index in [9.17, 15) is 28.4 Å². The molecule has 0 spiro atoms. The second-order valence-electron chi connectivity index (χ2n) is 13.4. The van der Waals surface area contributed by atoms with Gasteiger partial charge in [-0.25, -0.2) is 14.4 Å². The van der Waals surface area contributed by atoms with Gasteiger partial charge >= 0.3 is 24.6 Å². The van der Waals surface area contributed by atoms with Crippen molar-refractivity contribution in [2.24, 2.45) is 11.8 Å². The number of alkyl carbamates (subject to hydrolysis) is 1. The quantitative estimate of drug-likeness (QED) is 0.0709. The fraction of sp³-hybridized carbons (Fsp3) is 0.444.